The van der Waals surface area contributed by atoms with Crippen LogP contribution in [0.5, 0.6) is 5.75 Å². The number of rotatable bonds is 5. The van der Waals surface area contributed by atoms with Gasteiger partial charge in [-0.3, -0.25) is 10.1 Å². The summed E-state index contributed by atoms with van der Waals surface area (Å²) in [6, 6.07) is 5.67. The zero-order chi connectivity index (χ0) is 14.7. The molecule has 8 heteroatoms. The molecular weight excluding hydrogens is 334 g/mol. The Morgan fingerprint density at radius 1 is 1.45 bits per heavy atom. The fraction of sp³-hybridized carbons (Fsp3) is 0.0833. The maximum atomic E-state index is 10.9. The summed E-state index contributed by atoms with van der Waals surface area (Å²) in [6.45, 7) is -0.101. The lowest BCUT2D eigenvalue weighted by atomic mass is 10.3. The monoisotopic (exact) mass is 341 g/mol. The van der Waals surface area contributed by atoms with E-state index in [-0.39, 0.29) is 29.4 Å². The summed E-state index contributed by atoms with van der Waals surface area (Å²) in [6.07, 6.45) is 1.08. The molecule has 0 spiro atoms. The van der Waals surface area contributed by atoms with E-state index in [2.05, 4.69) is 15.9 Å². The van der Waals surface area contributed by atoms with E-state index in [0.717, 1.165) is 6.26 Å². The van der Waals surface area contributed by atoms with Crippen molar-refractivity contribution in [2.75, 3.05) is 0 Å². The summed E-state index contributed by atoms with van der Waals surface area (Å²) >= 11 is 3.14. The summed E-state index contributed by atoms with van der Waals surface area (Å²) in [4.78, 5) is 21.0. The summed E-state index contributed by atoms with van der Waals surface area (Å²) in [7, 11) is 0. The molecule has 2 aromatic rings. The normalized spacial score (nSPS) is 10.2. The molecule has 0 saturated heterocycles. The van der Waals surface area contributed by atoms with E-state index in [0.29, 0.717) is 4.47 Å². The fourth-order valence-corrected chi connectivity index (χ4v) is 1.82. The Labute approximate surface area is 121 Å². The number of halogens is 1. The average Bonchev–Trinajstić information content (AvgIpc) is 2.86. The molecule has 0 aliphatic rings. The molecule has 0 atom stereocenters. The predicted molar refractivity (Wildman–Crippen MR) is 70.8 cm³/mol. The standard InChI is InChI=1S/C12H8BrNO6/c13-8-1-2-11(10(4-8)14(17)18)20-6-9-3-7(5-19-9)12(15)16/h1-5H,6H2,(H,15,16). The van der Waals surface area contributed by atoms with Gasteiger partial charge in [0.25, 0.3) is 0 Å². The van der Waals surface area contributed by atoms with Gasteiger partial charge >= 0.3 is 11.7 Å². The van der Waals surface area contributed by atoms with Gasteiger partial charge in [-0.05, 0) is 18.2 Å². The van der Waals surface area contributed by atoms with Crippen molar-refractivity contribution in [2.24, 2.45) is 0 Å². The van der Waals surface area contributed by atoms with Crippen molar-refractivity contribution in [3.05, 3.63) is 56.4 Å². The molecule has 0 fully saturated rings. The molecule has 20 heavy (non-hydrogen) atoms. The van der Waals surface area contributed by atoms with Crippen LogP contribution >= 0.6 is 15.9 Å². The van der Waals surface area contributed by atoms with E-state index >= 15 is 0 Å². The molecule has 0 aliphatic carbocycles. The molecule has 7 nitrogen and oxygen atoms in total. The van der Waals surface area contributed by atoms with Gasteiger partial charge in [0.2, 0.25) is 0 Å². The molecule has 1 aromatic heterocycles. The van der Waals surface area contributed by atoms with Crippen LogP contribution in [0.1, 0.15) is 16.1 Å². The van der Waals surface area contributed by atoms with Crippen molar-refractivity contribution in [2.45, 2.75) is 6.61 Å². The van der Waals surface area contributed by atoms with Crippen molar-refractivity contribution >= 4 is 27.6 Å². The number of aromatic carboxylic acids is 1. The molecule has 2 rings (SSSR count). The number of benzene rings is 1. The van der Waals surface area contributed by atoms with Crippen LogP contribution in [0.15, 0.2) is 39.4 Å². The van der Waals surface area contributed by atoms with Crippen LogP contribution in [0.3, 0.4) is 0 Å². The highest BCUT2D eigenvalue weighted by molar-refractivity contribution is 9.10. The Morgan fingerprint density at radius 3 is 2.80 bits per heavy atom. The second-order valence-electron chi connectivity index (χ2n) is 3.76. The zero-order valence-corrected chi connectivity index (χ0v) is 11.5. The Balaban J connectivity index is 2.14. The lowest BCUT2D eigenvalue weighted by Gasteiger charge is -2.05. The van der Waals surface area contributed by atoms with Gasteiger partial charge in [-0.1, -0.05) is 15.9 Å². The van der Waals surface area contributed by atoms with Gasteiger partial charge < -0.3 is 14.3 Å². The topological polar surface area (TPSA) is 103 Å². The molecule has 104 valence electrons. The minimum Gasteiger partial charge on any atom is -0.479 e. The lowest BCUT2D eigenvalue weighted by molar-refractivity contribution is -0.386. The van der Waals surface area contributed by atoms with Crippen molar-refractivity contribution in [1.29, 1.82) is 0 Å². The van der Waals surface area contributed by atoms with E-state index in [9.17, 15) is 14.9 Å². The van der Waals surface area contributed by atoms with Crippen LogP contribution < -0.4 is 4.74 Å². The summed E-state index contributed by atoms with van der Waals surface area (Å²) in [5, 5.41) is 19.6. The quantitative estimate of drug-likeness (QED) is 0.661. The number of nitro groups is 1. The molecule has 0 aliphatic heterocycles. The largest absolute Gasteiger partial charge is 0.479 e. The highest BCUT2D eigenvalue weighted by atomic mass is 79.9. The minimum absolute atomic E-state index is 0.00564. The maximum Gasteiger partial charge on any atom is 0.338 e. The Bertz CT molecular complexity index is 666. The highest BCUT2D eigenvalue weighted by Gasteiger charge is 2.16. The Morgan fingerprint density at radius 2 is 2.20 bits per heavy atom. The second kappa shape index (κ2) is 5.74. The van der Waals surface area contributed by atoms with Gasteiger partial charge in [-0.2, -0.15) is 0 Å². The molecule has 0 saturated carbocycles. The van der Waals surface area contributed by atoms with E-state index in [1.54, 1.807) is 6.07 Å². The first-order chi connectivity index (χ1) is 9.47. The van der Waals surface area contributed by atoms with Crippen molar-refractivity contribution in [3.8, 4) is 5.75 Å². The van der Waals surface area contributed by atoms with Crippen LogP contribution in [-0.4, -0.2) is 16.0 Å². The number of carboxylic acids is 1. The molecule has 0 amide bonds. The van der Waals surface area contributed by atoms with Crippen LogP contribution in [0, 0.1) is 10.1 Å². The number of hydrogen-bond donors (Lipinski definition) is 1. The number of carbonyl (C=O) groups is 1. The average molecular weight is 342 g/mol. The van der Waals surface area contributed by atoms with Gasteiger partial charge in [0, 0.05) is 10.5 Å². The number of furan rings is 1. The third-order valence-corrected chi connectivity index (χ3v) is 2.88. The zero-order valence-electron chi connectivity index (χ0n) is 9.91. The SMILES string of the molecule is O=C(O)c1coc(COc2ccc(Br)cc2[N+](=O)[O-])c1. The molecule has 1 N–H and O–H groups in total. The molecule has 1 heterocycles. The van der Waals surface area contributed by atoms with E-state index < -0.39 is 10.9 Å². The molecule has 1 aromatic carbocycles. The lowest BCUT2D eigenvalue weighted by Crippen LogP contribution is -1.98. The first-order valence-corrected chi connectivity index (χ1v) is 6.14. The number of nitro benzene ring substituents is 1. The molecule has 0 unspecified atom stereocenters. The van der Waals surface area contributed by atoms with Crippen molar-refractivity contribution in [3.63, 3.8) is 0 Å². The van der Waals surface area contributed by atoms with E-state index in [1.165, 1.54) is 18.2 Å². The molecule has 0 bridgehead atoms. The van der Waals surface area contributed by atoms with Crippen LogP contribution in [0.4, 0.5) is 5.69 Å². The number of nitrogens with zero attached hydrogens (tertiary/aromatic N) is 1. The van der Waals surface area contributed by atoms with Gasteiger partial charge in [0.05, 0.1) is 10.5 Å². The van der Waals surface area contributed by atoms with E-state index in [1.807, 2.05) is 0 Å². The van der Waals surface area contributed by atoms with Crippen LogP contribution in [0.25, 0.3) is 0 Å². The minimum atomic E-state index is -1.12. The van der Waals surface area contributed by atoms with Gasteiger partial charge in [0.15, 0.2) is 5.75 Å². The van der Waals surface area contributed by atoms with E-state index in [4.69, 9.17) is 14.3 Å². The first kappa shape index (κ1) is 14.1. The third kappa shape index (κ3) is 3.15. The highest BCUT2D eigenvalue weighted by Crippen LogP contribution is 2.30. The van der Waals surface area contributed by atoms with Crippen LogP contribution in [0.2, 0.25) is 0 Å². The Kier molecular flexibility index (Phi) is 4.04. The smallest absolute Gasteiger partial charge is 0.338 e. The summed E-state index contributed by atoms with van der Waals surface area (Å²) < 4.78 is 10.8. The molecule has 0 radical (unpaired) electrons. The number of carboxylic acid groups (broad SMARTS) is 1. The summed E-state index contributed by atoms with van der Waals surface area (Å²) in [5.74, 6) is -0.777. The van der Waals surface area contributed by atoms with Gasteiger partial charge in [0.1, 0.15) is 18.6 Å². The number of hydrogen-bond acceptors (Lipinski definition) is 5. The second-order valence-corrected chi connectivity index (χ2v) is 4.68. The maximum absolute atomic E-state index is 10.9. The van der Waals surface area contributed by atoms with Crippen molar-refractivity contribution < 1.29 is 24.0 Å². The van der Waals surface area contributed by atoms with Crippen molar-refractivity contribution in [1.82, 2.24) is 0 Å². The third-order valence-electron chi connectivity index (χ3n) is 2.39. The molecular formula is C12H8BrNO6. The Hall–Kier alpha value is -2.35. The predicted octanol–water partition coefficient (Wildman–Crippen LogP) is 3.23. The van der Waals surface area contributed by atoms with Crippen LogP contribution in [-0.2, 0) is 6.61 Å². The van der Waals surface area contributed by atoms with Gasteiger partial charge in [-0.15, -0.1) is 0 Å². The fourth-order valence-electron chi connectivity index (χ4n) is 1.47. The summed E-state index contributed by atoms with van der Waals surface area (Å²) in [5.41, 5.74) is -0.196. The number of ether oxygens (including phenoxy) is 1. The first-order valence-electron chi connectivity index (χ1n) is 5.35. The van der Waals surface area contributed by atoms with Gasteiger partial charge in [-0.25, -0.2) is 4.79 Å².